The lowest BCUT2D eigenvalue weighted by atomic mass is 9.97. The molecule has 0 aromatic heterocycles. The van der Waals surface area contributed by atoms with Crippen molar-refractivity contribution >= 4 is 5.91 Å². The summed E-state index contributed by atoms with van der Waals surface area (Å²) in [5.41, 5.74) is 4.23. The molecule has 0 aliphatic rings. The van der Waals surface area contributed by atoms with Crippen LogP contribution in [0.4, 0.5) is 0 Å². The first-order chi connectivity index (χ1) is 11.5. The van der Waals surface area contributed by atoms with E-state index in [1.807, 2.05) is 0 Å². The largest absolute Gasteiger partial charge is 0.490 e. The highest BCUT2D eigenvalue weighted by Gasteiger charge is 2.16. The average molecular weight is 323 g/mol. The third kappa shape index (κ3) is 4.48. The maximum Gasteiger partial charge on any atom is 0.251 e. The second kappa shape index (κ2) is 8.34. The molecule has 0 aliphatic heterocycles. The van der Waals surface area contributed by atoms with Gasteiger partial charge in [0.25, 0.3) is 5.91 Å². The van der Waals surface area contributed by atoms with Crippen molar-refractivity contribution in [2.45, 2.75) is 33.2 Å². The highest BCUT2D eigenvalue weighted by molar-refractivity contribution is 5.94. The number of carbonyl (C=O) groups is 1. The van der Waals surface area contributed by atoms with Crippen LogP contribution in [0.15, 0.2) is 55.1 Å². The van der Waals surface area contributed by atoms with Crippen molar-refractivity contribution in [1.82, 2.24) is 5.32 Å². The van der Waals surface area contributed by atoms with Gasteiger partial charge in [-0.15, -0.1) is 0 Å². The van der Waals surface area contributed by atoms with Crippen LogP contribution >= 0.6 is 0 Å². The van der Waals surface area contributed by atoms with E-state index in [9.17, 15) is 4.79 Å². The third-order valence-corrected chi connectivity index (χ3v) is 4.00. The van der Waals surface area contributed by atoms with Crippen molar-refractivity contribution in [2.24, 2.45) is 0 Å². The fourth-order valence-corrected chi connectivity index (χ4v) is 2.72. The molecule has 24 heavy (non-hydrogen) atoms. The van der Waals surface area contributed by atoms with Gasteiger partial charge in [0.1, 0.15) is 12.4 Å². The fraction of sp³-hybridized carbons (Fsp3) is 0.286. The number of carbonyl (C=O) groups excluding carboxylic acids is 1. The van der Waals surface area contributed by atoms with Crippen LogP contribution in [0.3, 0.4) is 0 Å². The molecular weight excluding hydrogens is 298 g/mol. The van der Waals surface area contributed by atoms with E-state index in [2.05, 4.69) is 50.9 Å². The van der Waals surface area contributed by atoms with E-state index in [1.54, 1.807) is 30.3 Å². The second-order valence-corrected chi connectivity index (χ2v) is 5.92. The molecule has 2 aromatic rings. The Morgan fingerprint density at radius 3 is 2.50 bits per heavy atom. The van der Waals surface area contributed by atoms with Gasteiger partial charge in [-0.25, -0.2) is 0 Å². The predicted octanol–water partition coefficient (Wildman–Crippen LogP) is 4.75. The molecule has 0 fully saturated rings. The summed E-state index contributed by atoms with van der Waals surface area (Å²) in [4.78, 5) is 12.5. The molecule has 2 aromatic carbocycles. The van der Waals surface area contributed by atoms with E-state index < -0.39 is 0 Å². The number of hydrogen-bond donors (Lipinski definition) is 1. The molecule has 1 N–H and O–H groups in total. The fourth-order valence-electron chi connectivity index (χ4n) is 2.72. The molecule has 3 heteroatoms. The van der Waals surface area contributed by atoms with E-state index in [-0.39, 0.29) is 11.9 Å². The van der Waals surface area contributed by atoms with E-state index >= 15 is 0 Å². The summed E-state index contributed by atoms with van der Waals surface area (Å²) < 4.78 is 5.44. The van der Waals surface area contributed by atoms with Crippen molar-refractivity contribution in [3.05, 3.63) is 77.4 Å². The number of rotatable bonds is 7. The summed E-state index contributed by atoms with van der Waals surface area (Å²) in [6.45, 7) is 10.3. The van der Waals surface area contributed by atoms with Gasteiger partial charge in [0, 0.05) is 5.56 Å². The van der Waals surface area contributed by atoms with Gasteiger partial charge < -0.3 is 10.1 Å². The van der Waals surface area contributed by atoms with Crippen molar-refractivity contribution in [2.75, 3.05) is 6.61 Å². The van der Waals surface area contributed by atoms with Gasteiger partial charge in [-0.1, -0.05) is 43.3 Å². The Kier molecular flexibility index (Phi) is 6.19. The van der Waals surface area contributed by atoms with Crippen LogP contribution < -0.4 is 10.1 Å². The monoisotopic (exact) mass is 323 g/mol. The van der Waals surface area contributed by atoms with Crippen LogP contribution in [0, 0.1) is 13.8 Å². The van der Waals surface area contributed by atoms with E-state index in [0.717, 1.165) is 12.2 Å². The van der Waals surface area contributed by atoms with Crippen LogP contribution in [0.25, 0.3) is 0 Å². The average Bonchev–Trinajstić information content (AvgIpc) is 2.58. The van der Waals surface area contributed by atoms with Crippen molar-refractivity contribution in [3.8, 4) is 5.75 Å². The smallest absolute Gasteiger partial charge is 0.251 e. The van der Waals surface area contributed by atoms with Crippen LogP contribution in [0.5, 0.6) is 5.75 Å². The second-order valence-electron chi connectivity index (χ2n) is 5.92. The molecule has 1 unspecified atom stereocenters. The summed E-state index contributed by atoms with van der Waals surface area (Å²) in [5, 5.41) is 3.13. The zero-order valence-electron chi connectivity index (χ0n) is 14.6. The number of ether oxygens (including phenoxy) is 1. The molecule has 0 spiro atoms. The first kappa shape index (κ1) is 17.8. The van der Waals surface area contributed by atoms with Crippen molar-refractivity contribution in [1.29, 1.82) is 0 Å². The number of nitrogens with one attached hydrogen (secondary N) is 1. The lowest BCUT2D eigenvalue weighted by Gasteiger charge is -2.20. The minimum Gasteiger partial charge on any atom is -0.490 e. The Balaban J connectivity index is 2.10. The first-order valence-corrected chi connectivity index (χ1v) is 8.27. The minimum atomic E-state index is -0.0721. The molecule has 3 nitrogen and oxygen atoms in total. The topological polar surface area (TPSA) is 38.3 Å². The number of amides is 1. The van der Waals surface area contributed by atoms with Crippen LogP contribution in [-0.4, -0.2) is 12.5 Å². The lowest BCUT2D eigenvalue weighted by Crippen LogP contribution is -2.28. The molecule has 2 rings (SSSR count). The molecule has 0 aliphatic carbocycles. The molecule has 1 atom stereocenters. The highest BCUT2D eigenvalue weighted by atomic mass is 16.5. The summed E-state index contributed by atoms with van der Waals surface area (Å²) in [5.74, 6) is 0.657. The Morgan fingerprint density at radius 2 is 1.92 bits per heavy atom. The molecule has 0 radical (unpaired) electrons. The Morgan fingerprint density at radius 1 is 1.21 bits per heavy atom. The van der Waals surface area contributed by atoms with Gasteiger partial charge >= 0.3 is 0 Å². The number of hydrogen-bond acceptors (Lipinski definition) is 2. The van der Waals surface area contributed by atoms with Crippen molar-refractivity contribution < 1.29 is 9.53 Å². The summed E-state index contributed by atoms with van der Waals surface area (Å²) in [7, 11) is 0. The lowest BCUT2D eigenvalue weighted by molar-refractivity contribution is 0.0935. The molecular formula is C21H25NO2. The summed E-state index contributed by atoms with van der Waals surface area (Å²) >= 11 is 0. The molecule has 126 valence electrons. The Hall–Kier alpha value is -2.55. The predicted molar refractivity (Wildman–Crippen MR) is 98.5 cm³/mol. The van der Waals surface area contributed by atoms with Crippen molar-refractivity contribution in [3.63, 3.8) is 0 Å². The van der Waals surface area contributed by atoms with Crippen LogP contribution in [0.1, 0.15) is 46.4 Å². The number of benzene rings is 2. The molecule has 0 bridgehead atoms. The van der Waals surface area contributed by atoms with Gasteiger partial charge in [-0.05, 0) is 55.7 Å². The van der Waals surface area contributed by atoms with Gasteiger partial charge in [0.15, 0.2) is 0 Å². The quantitative estimate of drug-likeness (QED) is 0.747. The maximum atomic E-state index is 12.5. The van der Waals surface area contributed by atoms with E-state index in [4.69, 9.17) is 4.74 Å². The van der Waals surface area contributed by atoms with Gasteiger partial charge in [0.2, 0.25) is 0 Å². The molecule has 0 saturated heterocycles. The highest BCUT2D eigenvalue weighted by Crippen LogP contribution is 2.22. The van der Waals surface area contributed by atoms with Gasteiger partial charge in [-0.3, -0.25) is 4.79 Å². The molecule has 0 saturated carbocycles. The molecule has 0 heterocycles. The maximum absolute atomic E-state index is 12.5. The Labute approximate surface area is 144 Å². The van der Waals surface area contributed by atoms with Gasteiger partial charge in [0.05, 0.1) is 6.04 Å². The van der Waals surface area contributed by atoms with Gasteiger partial charge in [-0.2, -0.15) is 0 Å². The standard InChI is InChI=1S/C21H25NO2/c1-5-13-24-18-10-8-17(9-11-18)21(23)22-20(6-2)19-12-7-15(3)14-16(19)4/h5,7-12,14,20H,1,6,13H2,2-4H3,(H,22,23). The first-order valence-electron chi connectivity index (χ1n) is 8.27. The zero-order chi connectivity index (χ0) is 17.5. The van der Waals surface area contributed by atoms with E-state index in [1.165, 1.54) is 16.7 Å². The third-order valence-electron chi connectivity index (χ3n) is 4.00. The van der Waals surface area contributed by atoms with E-state index in [0.29, 0.717) is 12.2 Å². The molecule has 1 amide bonds. The summed E-state index contributed by atoms with van der Waals surface area (Å²) in [6, 6.07) is 13.5. The van der Waals surface area contributed by atoms with Crippen LogP contribution in [0.2, 0.25) is 0 Å². The Bertz CT molecular complexity index is 704. The summed E-state index contributed by atoms with van der Waals surface area (Å²) in [6.07, 6.45) is 2.53. The zero-order valence-corrected chi connectivity index (χ0v) is 14.6. The minimum absolute atomic E-state index is 0.00907. The normalized spacial score (nSPS) is 11.6. The van der Waals surface area contributed by atoms with Crippen LogP contribution in [-0.2, 0) is 0 Å². The number of aryl methyl sites for hydroxylation is 2. The SMILES string of the molecule is C=CCOc1ccc(C(=O)NC(CC)c2ccc(C)cc2C)cc1.